The quantitative estimate of drug-likeness (QED) is 0.479. The molecular formula is C11H18N2O4. The molecule has 96 valence electrons. The minimum atomic E-state index is -1.06. The van der Waals surface area contributed by atoms with Crippen molar-refractivity contribution in [1.29, 1.82) is 0 Å². The predicted molar refractivity (Wildman–Crippen MR) is 61.7 cm³/mol. The number of aliphatic carboxylic acids is 1. The molecule has 1 rings (SSSR count). The van der Waals surface area contributed by atoms with Gasteiger partial charge in [0.2, 0.25) is 0 Å². The van der Waals surface area contributed by atoms with Crippen molar-refractivity contribution in [3.63, 3.8) is 0 Å². The van der Waals surface area contributed by atoms with E-state index in [1.807, 2.05) is 0 Å². The van der Waals surface area contributed by atoms with Gasteiger partial charge in [-0.05, 0) is 13.3 Å². The maximum atomic E-state index is 11.5. The van der Waals surface area contributed by atoms with E-state index in [1.165, 1.54) is 0 Å². The highest BCUT2D eigenvalue weighted by Gasteiger charge is 2.47. The van der Waals surface area contributed by atoms with Crippen LogP contribution in [-0.4, -0.2) is 42.9 Å². The molecule has 1 heterocycles. The molecule has 0 saturated carbocycles. The average Bonchev–Trinajstić information content (AvgIpc) is 2.62. The number of nitrogens with one attached hydrogen (secondary N) is 2. The van der Waals surface area contributed by atoms with Gasteiger partial charge in [0.25, 0.3) is 0 Å². The lowest BCUT2D eigenvalue weighted by atomic mass is 9.85. The van der Waals surface area contributed by atoms with Gasteiger partial charge in [0.15, 0.2) is 0 Å². The van der Waals surface area contributed by atoms with E-state index in [2.05, 4.69) is 17.2 Å². The van der Waals surface area contributed by atoms with Crippen LogP contribution in [0.25, 0.3) is 0 Å². The molecule has 0 radical (unpaired) electrons. The number of carbonyl (C=O) groups is 2. The lowest BCUT2D eigenvalue weighted by Crippen LogP contribution is -2.52. The molecule has 17 heavy (non-hydrogen) atoms. The van der Waals surface area contributed by atoms with Crippen molar-refractivity contribution in [3.05, 3.63) is 12.7 Å². The molecule has 1 aliphatic rings. The molecule has 0 bridgehead atoms. The molecule has 3 N–H and O–H groups in total. The van der Waals surface area contributed by atoms with Crippen molar-refractivity contribution in [2.45, 2.75) is 19.4 Å². The Morgan fingerprint density at radius 2 is 2.35 bits per heavy atom. The lowest BCUT2D eigenvalue weighted by Gasteiger charge is -2.25. The van der Waals surface area contributed by atoms with Gasteiger partial charge in [0.05, 0.1) is 19.3 Å². The number of carboxylic acid groups (broad SMARTS) is 1. The van der Waals surface area contributed by atoms with Gasteiger partial charge in [-0.15, -0.1) is 6.58 Å². The van der Waals surface area contributed by atoms with Crippen LogP contribution in [0.4, 0.5) is 4.79 Å². The minimum Gasteiger partial charge on any atom is -0.481 e. The molecule has 0 aromatic rings. The Morgan fingerprint density at radius 3 is 2.94 bits per heavy atom. The molecule has 6 heteroatoms. The first-order chi connectivity index (χ1) is 8.00. The molecule has 0 aliphatic carbocycles. The third kappa shape index (κ3) is 3.20. The zero-order valence-electron chi connectivity index (χ0n) is 9.86. The number of ether oxygens (including phenoxy) is 1. The Balaban J connectivity index is 2.47. The van der Waals surface area contributed by atoms with Crippen molar-refractivity contribution in [2.24, 2.45) is 5.41 Å². The molecule has 2 amide bonds. The Hall–Kier alpha value is -1.56. The Kier molecular flexibility index (Phi) is 4.51. The summed E-state index contributed by atoms with van der Waals surface area (Å²) in [6, 6.07) is -0.890. The molecule has 0 aromatic carbocycles. The highest BCUT2D eigenvalue weighted by molar-refractivity contribution is 5.79. The topological polar surface area (TPSA) is 87.7 Å². The number of hydrogen-bond acceptors (Lipinski definition) is 3. The minimum absolute atomic E-state index is 0.111. The Bertz CT molecular complexity index is 319. The Labute approximate surface area is 100 Å². The van der Waals surface area contributed by atoms with Gasteiger partial charge >= 0.3 is 12.0 Å². The molecule has 6 nitrogen and oxygen atoms in total. The maximum Gasteiger partial charge on any atom is 0.315 e. The fourth-order valence-electron chi connectivity index (χ4n) is 1.58. The molecular weight excluding hydrogens is 224 g/mol. The first kappa shape index (κ1) is 13.5. The van der Waals surface area contributed by atoms with E-state index < -0.39 is 17.4 Å². The van der Waals surface area contributed by atoms with Gasteiger partial charge in [-0.2, -0.15) is 0 Å². The van der Waals surface area contributed by atoms with Crippen molar-refractivity contribution in [2.75, 3.05) is 19.8 Å². The average molecular weight is 242 g/mol. The van der Waals surface area contributed by atoms with E-state index in [-0.39, 0.29) is 19.2 Å². The van der Waals surface area contributed by atoms with Crippen LogP contribution in [0.15, 0.2) is 12.7 Å². The molecule has 1 aliphatic heterocycles. The van der Waals surface area contributed by atoms with Crippen molar-refractivity contribution in [3.8, 4) is 0 Å². The smallest absolute Gasteiger partial charge is 0.315 e. The van der Waals surface area contributed by atoms with Crippen molar-refractivity contribution < 1.29 is 19.4 Å². The number of carbonyl (C=O) groups excluding carboxylic acids is 1. The van der Waals surface area contributed by atoms with E-state index in [4.69, 9.17) is 9.84 Å². The molecule has 1 saturated heterocycles. The summed E-state index contributed by atoms with van der Waals surface area (Å²) in [7, 11) is 0. The lowest BCUT2D eigenvalue weighted by molar-refractivity contribution is -0.148. The second-order valence-electron chi connectivity index (χ2n) is 4.27. The van der Waals surface area contributed by atoms with Crippen molar-refractivity contribution in [1.82, 2.24) is 10.6 Å². The standard InChI is InChI=1S/C11H18N2O4/c1-3-4-5-12-10(16)13-8-6-17-7-11(8,2)9(14)15/h3,8H,1,4-7H2,2H3,(H,14,15)(H2,12,13,16). The number of hydrogen-bond donors (Lipinski definition) is 3. The number of rotatable bonds is 5. The van der Waals surface area contributed by atoms with Gasteiger partial charge < -0.3 is 20.5 Å². The van der Waals surface area contributed by atoms with E-state index in [1.54, 1.807) is 13.0 Å². The van der Waals surface area contributed by atoms with Gasteiger partial charge in [0.1, 0.15) is 5.41 Å². The summed E-state index contributed by atoms with van der Waals surface area (Å²) in [5.41, 5.74) is -1.06. The summed E-state index contributed by atoms with van der Waals surface area (Å²) in [5, 5.41) is 14.3. The molecule has 1 fully saturated rings. The highest BCUT2D eigenvalue weighted by Crippen LogP contribution is 2.28. The molecule has 2 atom stereocenters. The summed E-state index contributed by atoms with van der Waals surface area (Å²) in [6.45, 7) is 5.91. The van der Waals surface area contributed by atoms with Gasteiger partial charge in [0, 0.05) is 6.54 Å². The number of carboxylic acids is 1. The van der Waals surface area contributed by atoms with Gasteiger partial charge in [-0.3, -0.25) is 4.79 Å². The maximum absolute atomic E-state index is 11.5. The monoisotopic (exact) mass is 242 g/mol. The Morgan fingerprint density at radius 1 is 1.65 bits per heavy atom. The summed E-state index contributed by atoms with van der Waals surface area (Å²) >= 11 is 0. The SMILES string of the molecule is C=CCCNC(=O)NC1COCC1(C)C(=O)O. The van der Waals surface area contributed by atoms with Crippen LogP contribution >= 0.6 is 0 Å². The van der Waals surface area contributed by atoms with Crippen LogP contribution in [0, 0.1) is 5.41 Å². The third-order valence-corrected chi connectivity index (χ3v) is 2.88. The van der Waals surface area contributed by atoms with Crippen LogP contribution in [0.1, 0.15) is 13.3 Å². The van der Waals surface area contributed by atoms with Crippen LogP contribution in [0.3, 0.4) is 0 Å². The van der Waals surface area contributed by atoms with Crippen LogP contribution < -0.4 is 10.6 Å². The van der Waals surface area contributed by atoms with Crippen LogP contribution in [0.2, 0.25) is 0 Å². The van der Waals surface area contributed by atoms with E-state index in [9.17, 15) is 9.59 Å². The highest BCUT2D eigenvalue weighted by atomic mass is 16.5. The predicted octanol–water partition coefficient (Wildman–Crippen LogP) is 0.351. The zero-order chi connectivity index (χ0) is 12.9. The molecule has 0 aromatic heterocycles. The van der Waals surface area contributed by atoms with E-state index >= 15 is 0 Å². The number of amides is 2. The van der Waals surface area contributed by atoms with Crippen LogP contribution in [0.5, 0.6) is 0 Å². The number of urea groups is 1. The fourth-order valence-corrected chi connectivity index (χ4v) is 1.58. The molecule has 2 unspecified atom stereocenters. The summed E-state index contributed by atoms with van der Waals surface area (Å²) < 4.78 is 5.12. The van der Waals surface area contributed by atoms with E-state index in [0.29, 0.717) is 13.0 Å². The fraction of sp³-hybridized carbons (Fsp3) is 0.636. The summed E-state index contributed by atoms with van der Waals surface area (Å²) in [6.07, 6.45) is 2.37. The second kappa shape index (κ2) is 5.67. The summed E-state index contributed by atoms with van der Waals surface area (Å²) in [5.74, 6) is -0.966. The largest absolute Gasteiger partial charge is 0.481 e. The molecule has 0 spiro atoms. The van der Waals surface area contributed by atoms with Gasteiger partial charge in [-0.1, -0.05) is 6.08 Å². The van der Waals surface area contributed by atoms with Crippen molar-refractivity contribution >= 4 is 12.0 Å². The first-order valence-electron chi connectivity index (χ1n) is 5.47. The van der Waals surface area contributed by atoms with Crippen LogP contribution in [-0.2, 0) is 9.53 Å². The second-order valence-corrected chi connectivity index (χ2v) is 4.27. The first-order valence-corrected chi connectivity index (χ1v) is 5.47. The third-order valence-electron chi connectivity index (χ3n) is 2.88. The van der Waals surface area contributed by atoms with E-state index in [0.717, 1.165) is 0 Å². The summed E-state index contributed by atoms with van der Waals surface area (Å²) in [4.78, 5) is 22.6. The zero-order valence-corrected chi connectivity index (χ0v) is 9.86. The normalized spacial score (nSPS) is 27.5. The van der Waals surface area contributed by atoms with Gasteiger partial charge in [-0.25, -0.2) is 4.79 Å².